The SMILES string of the molecule is C=C(C)C(=O)OCCCC(=O)OC(COCCOc1ccc(OCCOCC(COC(=O)C(=C)C)OC(=O)CCCOC(=O)C(=C)C)cc1)COC(=O)C(=C)C. The van der Waals surface area contributed by atoms with Crippen molar-refractivity contribution in [3.63, 3.8) is 0 Å². The molecule has 0 N–H and O–H groups in total. The Hall–Kier alpha value is -5.48. The van der Waals surface area contributed by atoms with E-state index in [4.69, 9.17) is 47.4 Å². The minimum Gasteiger partial charge on any atom is -0.491 e. The van der Waals surface area contributed by atoms with Gasteiger partial charge in [-0.05, 0) is 64.8 Å². The van der Waals surface area contributed by atoms with Crippen LogP contribution in [0, 0.1) is 0 Å². The third-order valence-corrected chi connectivity index (χ3v) is 6.73. The largest absolute Gasteiger partial charge is 0.491 e. The van der Waals surface area contributed by atoms with Crippen LogP contribution in [-0.4, -0.2) is 114 Å². The number of esters is 6. The van der Waals surface area contributed by atoms with Crippen molar-refractivity contribution >= 4 is 35.8 Å². The summed E-state index contributed by atoms with van der Waals surface area (Å²) in [6.07, 6.45) is -1.37. The van der Waals surface area contributed by atoms with Crippen LogP contribution in [0.3, 0.4) is 0 Å². The Labute approximate surface area is 327 Å². The molecule has 0 saturated heterocycles. The summed E-state index contributed by atoms with van der Waals surface area (Å²) in [4.78, 5) is 71.3. The number of benzene rings is 1. The van der Waals surface area contributed by atoms with Gasteiger partial charge in [-0.25, -0.2) is 19.2 Å². The molecule has 0 fully saturated rings. The van der Waals surface area contributed by atoms with Crippen molar-refractivity contribution in [1.29, 1.82) is 0 Å². The first kappa shape index (κ1) is 48.5. The molecule has 2 unspecified atom stereocenters. The lowest BCUT2D eigenvalue weighted by molar-refractivity contribution is -0.161. The van der Waals surface area contributed by atoms with Gasteiger partial charge in [-0.15, -0.1) is 0 Å². The van der Waals surface area contributed by atoms with Crippen LogP contribution in [0.4, 0.5) is 0 Å². The number of rotatable bonds is 30. The second-order valence-electron chi connectivity index (χ2n) is 12.3. The number of carbonyl (C=O) groups excluding carboxylic acids is 6. The molecule has 0 aliphatic heterocycles. The highest BCUT2D eigenvalue weighted by molar-refractivity contribution is 5.88. The molecule has 1 aromatic carbocycles. The molecule has 0 heterocycles. The van der Waals surface area contributed by atoms with Gasteiger partial charge in [0.2, 0.25) is 0 Å². The lowest BCUT2D eigenvalue weighted by Gasteiger charge is -2.18. The lowest BCUT2D eigenvalue weighted by atomic mass is 10.3. The van der Waals surface area contributed by atoms with Gasteiger partial charge >= 0.3 is 35.8 Å². The van der Waals surface area contributed by atoms with Gasteiger partial charge in [0.1, 0.15) is 37.9 Å². The topological polar surface area (TPSA) is 195 Å². The van der Waals surface area contributed by atoms with Crippen molar-refractivity contribution in [3.8, 4) is 11.5 Å². The van der Waals surface area contributed by atoms with Crippen molar-refractivity contribution in [1.82, 2.24) is 0 Å². The van der Waals surface area contributed by atoms with Crippen molar-refractivity contribution in [2.24, 2.45) is 0 Å². The molecule has 0 aliphatic rings. The zero-order valence-electron chi connectivity index (χ0n) is 32.7. The van der Waals surface area contributed by atoms with E-state index in [9.17, 15) is 28.8 Å². The Morgan fingerprint density at radius 2 is 0.786 bits per heavy atom. The zero-order chi connectivity index (χ0) is 41.9. The molecule has 16 heteroatoms. The summed E-state index contributed by atoms with van der Waals surface area (Å²) in [6, 6.07) is 6.76. The molecule has 310 valence electrons. The Balaban J connectivity index is 2.46. The van der Waals surface area contributed by atoms with Crippen molar-refractivity contribution in [2.75, 3.05) is 66.1 Å². The molecule has 1 rings (SSSR count). The molecule has 0 saturated carbocycles. The molecule has 0 aromatic heterocycles. The number of hydrogen-bond donors (Lipinski definition) is 0. The third kappa shape index (κ3) is 23.3. The minimum absolute atomic E-state index is 0.0193. The van der Waals surface area contributed by atoms with Crippen molar-refractivity contribution < 1.29 is 76.1 Å². The average molecular weight is 791 g/mol. The maximum absolute atomic E-state index is 12.3. The summed E-state index contributed by atoms with van der Waals surface area (Å²) in [6.45, 7) is 20.0. The molecule has 0 spiro atoms. The first-order chi connectivity index (χ1) is 26.6. The van der Waals surface area contributed by atoms with E-state index < -0.39 is 48.0 Å². The molecule has 2 atom stereocenters. The second-order valence-corrected chi connectivity index (χ2v) is 12.3. The van der Waals surface area contributed by atoms with Gasteiger partial charge < -0.3 is 47.4 Å². The number of hydrogen-bond acceptors (Lipinski definition) is 16. The van der Waals surface area contributed by atoms with Crippen LogP contribution < -0.4 is 9.47 Å². The van der Waals surface area contributed by atoms with E-state index in [0.717, 1.165) is 0 Å². The maximum atomic E-state index is 12.3. The highest BCUT2D eigenvalue weighted by Crippen LogP contribution is 2.17. The number of carbonyl (C=O) groups is 6. The summed E-state index contributed by atoms with van der Waals surface area (Å²) < 4.78 is 53.6. The lowest BCUT2D eigenvalue weighted by Crippen LogP contribution is -2.30. The van der Waals surface area contributed by atoms with E-state index in [0.29, 0.717) is 11.5 Å². The summed E-state index contributed by atoms with van der Waals surface area (Å²) in [5.41, 5.74) is 0.879. The predicted octanol–water partition coefficient (Wildman–Crippen LogP) is 4.34. The first-order valence-electron chi connectivity index (χ1n) is 17.8. The standard InChI is InChI=1S/C40H54O16/c1-27(2)37(43)51-17-9-11-35(41)55-33(25-53-39(45)29(5)6)23-47-19-21-49-31-13-15-32(16-14-31)50-22-20-48-24-34(26-54-40(46)30(7)8)56-36(42)12-10-18-52-38(44)28(3)4/h13-16,33-34H,1,3,5,7,9-12,17-26H2,2,4,6,8H3. The Morgan fingerprint density at radius 1 is 0.464 bits per heavy atom. The number of ether oxygens (including phenoxy) is 10. The van der Waals surface area contributed by atoms with E-state index in [1.165, 1.54) is 27.7 Å². The van der Waals surface area contributed by atoms with Gasteiger partial charge in [0.25, 0.3) is 0 Å². The van der Waals surface area contributed by atoms with E-state index in [2.05, 4.69) is 26.3 Å². The summed E-state index contributed by atoms with van der Waals surface area (Å²) in [7, 11) is 0. The summed E-state index contributed by atoms with van der Waals surface area (Å²) >= 11 is 0. The van der Waals surface area contributed by atoms with Crippen molar-refractivity contribution in [3.05, 3.63) is 72.9 Å². The van der Waals surface area contributed by atoms with Gasteiger partial charge in [-0.1, -0.05) is 26.3 Å². The average Bonchev–Trinajstić information content (AvgIpc) is 3.15. The van der Waals surface area contributed by atoms with Crippen LogP contribution in [0.5, 0.6) is 11.5 Å². The van der Waals surface area contributed by atoms with Gasteiger partial charge in [0, 0.05) is 35.1 Å². The predicted molar refractivity (Wildman–Crippen MR) is 200 cm³/mol. The summed E-state index contributed by atoms with van der Waals surface area (Å²) in [5, 5.41) is 0. The van der Waals surface area contributed by atoms with E-state index in [1.54, 1.807) is 24.3 Å². The van der Waals surface area contributed by atoms with E-state index in [1.807, 2.05) is 0 Å². The molecule has 0 bridgehead atoms. The smallest absolute Gasteiger partial charge is 0.333 e. The maximum Gasteiger partial charge on any atom is 0.333 e. The monoisotopic (exact) mass is 790 g/mol. The Morgan fingerprint density at radius 3 is 1.11 bits per heavy atom. The molecule has 56 heavy (non-hydrogen) atoms. The fourth-order valence-corrected chi connectivity index (χ4v) is 3.81. The van der Waals surface area contributed by atoms with Crippen LogP contribution in [0.1, 0.15) is 53.4 Å². The normalized spacial score (nSPS) is 11.5. The molecule has 0 radical (unpaired) electrons. The van der Waals surface area contributed by atoms with Gasteiger partial charge in [-0.2, -0.15) is 0 Å². The van der Waals surface area contributed by atoms with Crippen molar-refractivity contribution in [2.45, 2.75) is 65.6 Å². The van der Waals surface area contributed by atoms with Gasteiger partial charge in [0.05, 0.1) is 39.6 Å². The highest BCUT2D eigenvalue weighted by Gasteiger charge is 2.20. The summed E-state index contributed by atoms with van der Waals surface area (Å²) in [5.74, 6) is -2.47. The molecule has 0 amide bonds. The van der Waals surface area contributed by atoms with Crippen LogP contribution in [0.25, 0.3) is 0 Å². The minimum atomic E-state index is -0.888. The van der Waals surface area contributed by atoms with Crippen LogP contribution >= 0.6 is 0 Å². The molecule has 16 nitrogen and oxygen atoms in total. The third-order valence-electron chi connectivity index (χ3n) is 6.73. The molecular weight excluding hydrogens is 736 g/mol. The first-order valence-corrected chi connectivity index (χ1v) is 17.8. The quantitative estimate of drug-likeness (QED) is 0.0462. The van der Waals surface area contributed by atoms with E-state index >= 15 is 0 Å². The molecular formula is C40H54O16. The highest BCUT2D eigenvalue weighted by atomic mass is 16.6. The fourth-order valence-electron chi connectivity index (χ4n) is 3.81. The van der Waals surface area contributed by atoms with Gasteiger partial charge in [0.15, 0.2) is 12.2 Å². The fraction of sp³-hybridized carbons (Fsp3) is 0.500. The zero-order valence-corrected chi connectivity index (χ0v) is 32.7. The van der Waals surface area contributed by atoms with Gasteiger partial charge in [-0.3, -0.25) is 9.59 Å². The molecule has 0 aliphatic carbocycles. The Bertz CT molecular complexity index is 1380. The van der Waals surface area contributed by atoms with E-state index in [-0.39, 0.29) is 114 Å². The van der Waals surface area contributed by atoms with Crippen LogP contribution in [-0.2, 0) is 66.7 Å². The Kier molecular flexibility index (Phi) is 24.3. The second kappa shape index (κ2) is 28.0. The van der Waals surface area contributed by atoms with Crippen LogP contribution in [0.15, 0.2) is 72.9 Å². The molecule has 1 aromatic rings. The van der Waals surface area contributed by atoms with Crippen LogP contribution in [0.2, 0.25) is 0 Å².